The highest BCUT2D eigenvalue weighted by Gasteiger charge is 2.07. The van der Waals surface area contributed by atoms with E-state index >= 15 is 0 Å². The van der Waals surface area contributed by atoms with Crippen LogP contribution in [0, 0.1) is 0 Å². The van der Waals surface area contributed by atoms with Gasteiger partial charge < -0.3 is 25.8 Å². The van der Waals surface area contributed by atoms with E-state index in [-0.39, 0.29) is 25.6 Å². The minimum atomic E-state index is -0.614. The Kier molecular flexibility index (Phi) is 7.80. The van der Waals surface area contributed by atoms with E-state index in [1.54, 1.807) is 48.5 Å². The average molecular weight is 433 g/mol. The van der Waals surface area contributed by atoms with Crippen LogP contribution in [0.5, 0.6) is 17.2 Å². The van der Waals surface area contributed by atoms with Crippen molar-refractivity contribution in [2.45, 2.75) is 6.54 Å². The summed E-state index contributed by atoms with van der Waals surface area (Å²) in [6, 6.07) is 23.0. The van der Waals surface area contributed by atoms with Crippen LogP contribution in [0.25, 0.3) is 0 Å². The molecule has 0 unspecified atom stereocenters. The topological polar surface area (TPSA) is 120 Å². The van der Waals surface area contributed by atoms with Crippen LogP contribution in [-0.4, -0.2) is 30.9 Å². The van der Waals surface area contributed by atoms with Crippen LogP contribution in [0.3, 0.4) is 0 Å². The summed E-state index contributed by atoms with van der Waals surface area (Å²) in [6.07, 6.45) is 0. The Balaban J connectivity index is 1.40. The van der Waals surface area contributed by atoms with Gasteiger partial charge in [0.1, 0.15) is 17.2 Å². The Labute approximate surface area is 185 Å². The second-order valence-corrected chi connectivity index (χ2v) is 6.80. The lowest BCUT2D eigenvalue weighted by Crippen LogP contribution is -2.33. The maximum atomic E-state index is 12.1. The molecule has 0 saturated heterocycles. The fourth-order valence-electron chi connectivity index (χ4n) is 2.67. The summed E-state index contributed by atoms with van der Waals surface area (Å²) in [7, 11) is 0. The molecule has 4 N–H and O–H groups in total. The summed E-state index contributed by atoms with van der Waals surface area (Å²) >= 11 is 0. The van der Waals surface area contributed by atoms with Gasteiger partial charge in [0.05, 0.1) is 6.54 Å². The van der Waals surface area contributed by atoms with Gasteiger partial charge >= 0.3 is 0 Å². The molecule has 8 heteroatoms. The minimum absolute atomic E-state index is 0.132. The zero-order chi connectivity index (χ0) is 22.8. The number of carbonyl (C=O) groups is 3. The molecule has 32 heavy (non-hydrogen) atoms. The Bertz CT molecular complexity index is 1050. The van der Waals surface area contributed by atoms with E-state index in [0.29, 0.717) is 17.1 Å². The predicted molar refractivity (Wildman–Crippen MR) is 118 cm³/mol. The molecule has 3 aromatic rings. The first-order valence-corrected chi connectivity index (χ1v) is 9.87. The third-order valence-electron chi connectivity index (χ3n) is 4.30. The van der Waals surface area contributed by atoms with Crippen molar-refractivity contribution in [1.29, 1.82) is 0 Å². The first kappa shape index (κ1) is 22.4. The van der Waals surface area contributed by atoms with Crippen molar-refractivity contribution in [3.63, 3.8) is 0 Å². The average Bonchev–Trinajstić information content (AvgIpc) is 2.81. The van der Waals surface area contributed by atoms with Crippen molar-refractivity contribution in [3.05, 3.63) is 90.0 Å². The zero-order valence-corrected chi connectivity index (χ0v) is 17.2. The standard InChI is InChI=1S/C24H23N3O5/c25-22(28)15-27-24(30)18-8-6-17(7-9-18)14-26-23(29)16-31-19-10-12-21(13-11-19)32-20-4-2-1-3-5-20/h1-13H,14-16H2,(H2,25,28)(H,26,29)(H,27,30). The maximum absolute atomic E-state index is 12.1. The number of rotatable bonds is 10. The first-order valence-electron chi connectivity index (χ1n) is 9.87. The van der Waals surface area contributed by atoms with E-state index in [1.807, 2.05) is 30.3 Å². The van der Waals surface area contributed by atoms with Crippen LogP contribution >= 0.6 is 0 Å². The lowest BCUT2D eigenvalue weighted by molar-refractivity contribution is -0.123. The van der Waals surface area contributed by atoms with Crippen LogP contribution in [0.1, 0.15) is 15.9 Å². The Morgan fingerprint density at radius 2 is 1.38 bits per heavy atom. The van der Waals surface area contributed by atoms with Crippen LogP contribution in [0.4, 0.5) is 0 Å². The molecule has 3 rings (SSSR count). The molecule has 0 aliphatic heterocycles. The normalized spacial score (nSPS) is 10.1. The molecule has 0 heterocycles. The third kappa shape index (κ3) is 7.17. The first-order chi connectivity index (χ1) is 15.5. The number of nitrogens with two attached hydrogens (primary N) is 1. The van der Waals surface area contributed by atoms with Gasteiger partial charge in [-0.25, -0.2) is 0 Å². The lowest BCUT2D eigenvalue weighted by Gasteiger charge is -2.09. The molecule has 164 valence electrons. The molecule has 0 spiro atoms. The SMILES string of the molecule is NC(=O)CNC(=O)c1ccc(CNC(=O)COc2ccc(Oc3ccccc3)cc2)cc1. The lowest BCUT2D eigenvalue weighted by atomic mass is 10.1. The summed E-state index contributed by atoms with van der Waals surface area (Å²) in [5.41, 5.74) is 6.20. The van der Waals surface area contributed by atoms with E-state index in [0.717, 1.165) is 11.3 Å². The van der Waals surface area contributed by atoms with Crippen molar-refractivity contribution in [1.82, 2.24) is 10.6 Å². The monoisotopic (exact) mass is 433 g/mol. The number of para-hydroxylation sites is 1. The summed E-state index contributed by atoms with van der Waals surface area (Å²) in [5, 5.41) is 5.16. The molecule has 0 radical (unpaired) electrons. The molecule has 3 aromatic carbocycles. The highest BCUT2D eigenvalue weighted by atomic mass is 16.5. The van der Waals surface area contributed by atoms with Gasteiger partial charge in [0.15, 0.2) is 6.61 Å². The number of primary amides is 1. The van der Waals surface area contributed by atoms with Gasteiger partial charge in [-0.2, -0.15) is 0 Å². The van der Waals surface area contributed by atoms with Crippen molar-refractivity contribution in [2.75, 3.05) is 13.2 Å². The number of amides is 3. The van der Waals surface area contributed by atoms with E-state index in [4.69, 9.17) is 15.2 Å². The fourth-order valence-corrected chi connectivity index (χ4v) is 2.67. The largest absolute Gasteiger partial charge is 0.484 e. The maximum Gasteiger partial charge on any atom is 0.258 e. The third-order valence-corrected chi connectivity index (χ3v) is 4.30. The summed E-state index contributed by atoms with van der Waals surface area (Å²) < 4.78 is 11.2. The Hall–Kier alpha value is -4.33. The van der Waals surface area contributed by atoms with Gasteiger partial charge in [0.2, 0.25) is 5.91 Å². The van der Waals surface area contributed by atoms with Gasteiger partial charge in [0, 0.05) is 12.1 Å². The molecule has 0 aliphatic rings. The molecular formula is C24H23N3O5. The minimum Gasteiger partial charge on any atom is -0.484 e. The van der Waals surface area contributed by atoms with Gasteiger partial charge in [-0.05, 0) is 54.1 Å². The van der Waals surface area contributed by atoms with Crippen molar-refractivity contribution >= 4 is 17.7 Å². The van der Waals surface area contributed by atoms with Crippen LogP contribution < -0.4 is 25.8 Å². The molecule has 0 aromatic heterocycles. The summed E-state index contributed by atoms with van der Waals surface area (Å²) in [6.45, 7) is -0.0683. The molecular weight excluding hydrogens is 410 g/mol. The van der Waals surface area contributed by atoms with Crippen molar-refractivity contribution in [2.24, 2.45) is 5.73 Å². The van der Waals surface area contributed by atoms with Crippen LogP contribution in [-0.2, 0) is 16.1 Å². The van der Waals surface area contributed by atoms with Crippen LogP contribution in [0.15, 0.2) is 78.9 Å². The molecule has 0 saturated carbocycles. The van der Waals surface area contributed by atoms with E-state index in [9.17, 15) is 14.4 Å². The van der Waals surface area contributed by atoms with Crippen molar-refractivity contribution in [3.8, 4) is 17.2 Å². The zero-order valence-electron chi connectivity index (χ0n) is 17.2. The number of nitrogens with one attached hydrogen (secondary N) is 2. The van der Waals surface area contributed by atoms with Crippen molar-refractivity contribution < 1.29 is 23.9 Å². The molecule has 0 aliphatic carbocycles. The van der Waals surface area contributed by atoms with E-state index < -0.39 is 11.8 Å². The van der Waals surface area contributed by atoms with E-state index in [1.165, 1.54) is 0 Å². The van der Waals surface area contributed by atoms with Gasteiger partial charge in [-0.1, -0.05) is 30.3 Å². The molecule has 0 fully saturated rings. The smallest absolute Gasteiger partial charge is 0.258 e. The van der Waals surface area contributed by atoms with Gasteiger partial charge in [0.25, 0.3) is 11.8 Å². The van der Waals surface area contributed by atoms with Gasteiger partial charge in [-0.15, -0.1) is 0 Å². The molecule has 0 bridgehead atoms. The number of benzene rings is 3. The summed E-state index contributed by atoms with van der Waals surface area (Å²) in [4.78, 5) is 34.6. The van der Waals surface area contributed by atoms with Crippen LogP contribution in [0.2, 0.25) is 0 Å². The number of hydrogen-bond donors (Lipinski definition) is 3. The highest BCUT2D eigenvalue weighted by molar-refractivity contribution is 5.96. The Morgan fingerprint density at radius 1 is 0.750 bits per heavy atom. The van der Waals surface area contributed by atoms with Gasteiger partial charge in [-0.3, -0.25) is 14.4 Å². The van der Waals surface area contributed by atoms with E-state index in [2.05, 4.69) is 10.6 Å². The predicted octanol–water partition coefficient (Wildman–Crippen LogP) is 2.39. The number of carbonyl (C=O) groups excluding carboxylic acids is 3. The molecule has 8 nitrogen and oxygen atoms in total. The summed E-state index contributed by atoms with van der Waals surface area (Å²) in [5.74, 6) is 0.661. The second kappa shape index (κ2) is 11.2. The number of ether oxygens (including phenoxy) is 2. The molecule has 3 amide bonds. The number of hydrogen-bond acceptors (Lipinski definition) is 5. The fraction of sp³-hybridized carbons (Fsp3) is 0.125. The molecule has 0 atom stereocenters. The highest BCUT2D eigenvalue weighted by Crippen LogP contribution is 2.23. The second-order valence-electron chi connectivity index (χ2n) is 6.80. The Morgan fingerprint density at radius 3 is 2.03 bits per heavy atom. The quantitative estimate of drug-likeness (QED) is 0.454.